The molecule has 2 aromatic carbocycles. The number of benzene rings is 2. The Morgan fingerprint density at radius 1 is 1.24 bits per heavy atom. The summed E-state index contributed by atoms with van der Waals surface area (Å²) in [5.41, 5.74) is 1.14. The van der Waals surface area contributed by atoms with E-state index in [0.717, 1.165) is 10.0 Å². The summed E-state index contributed by atoms with van der Waals surface area (Å²) in [5, 5.41) is 4.93. The van der Waals surface area contributed by atoms with Crippen molar-refractivity contribution in [1.82, 2.24) is 14.6 Å². The largest absolute Gasteiger partial charge is 0.484 e. The molecule has 9 heteroatoms. The molecule has 0 saturated carbocycles. The van der Waals surface area contributed by atoms with E-state index in [9.17, 15) is 9.59 Å². The molecule has 0 aliphatic carbocycles. The number of aromatic nitrogens is 2. The van der Waals surface area contributed by atoms with Crippen molar-refractivity contribution in [3.05, 3.63) is 68.7 Å². The quantitative estimate of drug-likeness (QED) is 0.472. The zero-order valence-corrected chi connectivity index (χ0v) is 20.1. The van der Waals surface area contributed by atoms with Crippen LogP contribution in [-0.4, -0.2) is 59.6 Å². The van der Waals surface area contributed by atoms with Gasteiger partial charge in [-0.05, 0) is 35.9 Å². The van der Waals surface area contributed by atoms with Crippen LogP contribution in [0, 0.1) is 0 Å². The predicted octanol–water partition coefficient (Wildman–Crippen LogP) is 3.40. The van der Waals surface area contributed by atoms with Gasteiger partial charge in [0.05, 0.1) is 30.3 Å². The number of morpholine rings is 1. The number of nitrogens with zero attached hydrogens (tertiary/aromatic N) is 4. The molecule has 3 aromatic rings. The molecule has 1 fully saturated rings. The van der Waals surface area contributed by atoms with Gasteiger partial charge in [-0.1, -0.05) is 41.9 Å². The fraction of sp³-hybridized carbons (Fsp3) is 0.333. The predicted molar refractivity (Wildman–Crippen MR) is 130 cm³/mol. The molecule has 0 unspecified atom stereocenters. The average Bonchev–Trinajstić information content (AvgIpc) is 2.83. The van der Waals surface area contributed by atoms with Gasteiger partial charge in [-0.3, -0.25) is 9.59 Å². The molecule has 2 heterocycles. The Morgan fingerprint density at radius 2 is 2.03 bits per heavy atom. The van der Waals surface area contributed by atoms with Crippen molar-refractivity contribution in [3.63, 3.8) is 0 Å². The normalized spacial score (nSPS) is 14.4. The molecule has 0 N–H and O–H groups in total. The van der Waals surface area contributed by atoms with Gasteiger partial charge in [-0.25, -0.2) is 4.98 Å². The lowest BCUT2D eigenvalue weighted by Crippen LogP contribution is -2.42. The average molecular weight is 513 g/mol. The van der Waals surface area contributed by atoms with Crippen molar-refractivity contribution in [2.45, 2.75) is 19.8 Å². The van der Waals surface area contributed by atoms with Crippen LogP contribution in [0.4, 0.5) is 0 Å². The van der Waals surface area contributed by atoms with E-state index in [1.54, 1.807) is 29.3 Å². The Bertz CT molecular complexity index is 1250. The van der Waals surface area contributed by atoms with Crippen LogP contribution >= 0.6 is 15.9 Å². The topological polar surface area (TPSA) is 86.0 Å². The summed E-state index contributed by atoms with van der Waals surface area (Å²) in [4.78, 5) is 31.8. The van der Waals surface area contributed by atoms with Gasteiger partial charge in [0.25, 0.3) is 11.5 Å². The Hall–Kier alpha value is -3.04. The van der Waals surface area contributed by atoms with Crippen LogP contribution in [0.2, 0.25) is 0 Å². The number of hydrogen-bond donors (Lipinski definition) is 0. The Labute approximate surface area is 200 Å². The second-order valence-corrected chi connectivity index (χ2v) is 8.92. The van der Waals surface area contributed by atoms with E-state index in [-0.39, 0.29) is 24.0 Å². The molecule has 1 aliphatic heterocycles. The Balaban J connectivity index is 1.55. The minimum atomic E-state index is -0.232. The Morgan fingerprint density at radius 3 is 2.79 bits per heavy atom. The highest BCUT2D eigenvalue weighted by Gasteiger charge is 2.17. The molecule has 0 spiro atoms. The lowest BCUT2D eigenvalue weighted by atomic mass is 10.2. The standard InChI is InChI=1S/C24H25BrN4O4/c1-16(2)23-27-21-7-6-18(25)13-20(21)24(31)29(23)26-14-17-4-3-5-19(12-17)33-15-22(30)28-8-10-32-11-9-28/h3-7,12-14,16H,8-11,15H2,1-2H3. The number of rotatable bonds is 6. The molecular weight excluding hydrogens is 488 g/mol. The van der Waals surface area contributed by atoms with Gasteiger partial charge in [-0.15, -0.1) is 0 Å². The number of halogens is 1. The fourth-order valence-electron chi connectivity index (χ4n) is 3.51. The van der Waals surface area contributed by atoms with E-state index in [4.69, 9.17) is 9.47 Å². The van der Waals surface area contributed by atoms with Crippen LogP contribution in [0.3, 0.4) is 0 Å². The van der Waals surface area contributed by atoms with Crippen LogP contribution in [0.5, 0.6) is 5.75 Å². The first kappa shape index (κ1) is 23.1. The molecule has 0 bridgehead atoms. The fourth-order valence-corrected chi connectivity index (χ4v) is 3.87. The highest BCUT2D eigenvalue weighted by atomic mass is 79.9. The van der Waals surface area contributed by atoms with Crippen molar-refractivity contribution < 1.29 is 14.3 Å². The summed E-state index contributed by atoms with van der Waals surface area (Å²) in [6.07, 6.45) is 1.59. The minimum Gasteiger partial charge on any atom is -0.484 e. The van der Waals surface area contributed by atoms with Crippen molar-refractivity contribution in [1.29, 1.82) is 0 Å². The van der Waals surface area contributed by atoms with Gasteiger partial charge < -0.3 is 14.4 Å². The van der Waals surface area contributed by atoms with Gasteiger partial charge in [0.15, 0.2) is 6.61 Å². The van der Waals surface area contributed by atoms with Crippen molar-refractivity contribution in [3.8, 4) is 5.75 Å². The molecule has 1 amide bonds. The number of carbonyl (C=O) groups is 1. The van der Waals surface area contributed by atoms with E-state index in [1.807, 2.05) is 38.1 Å². The zero-order chi connectivity index (χ0) is 23.4. The monoisotopic (exact) mass is 512 g/mol. The SMILES string of the molecule is CC(C)c1nc2ccc(Br)cc2c(=O)n1N=Cc1cccc(OCC(=O)N2CCOCC2)c1. The van der Waals surface area contributed by atoms with E-state index in [2.05, 4.69) is 26.0 Å². The van der Waals surface area contributed by atoms with Gasteiger partial charge in [-0.2, -0.15) is 9.78 Å². The highest BCUT2D eigenvalue weighted by Crippen LogP contribution is 2.19. The van der Waals surface area contributed by atoms with E-state index < -0.39 is 0 Å². The number of hydrogen-bond acceptors (Lipinski definition) is 6. The highest BCUT2D eigenvalue weighted by molar-refractivity contribution is 9.10. The third kappa shape index (κ3) is 5.48. The summed E-state index contributed by atoms with van der Waals surface area (Å²) < 4.78 is 13.1. The maximum Gasteiger partial charge on any atom is 0.282 e. The summed E-state index contributed by atoms with van der Waals surface area (Å²) >= 11 is 3.41. The third-order valence-electron chi connectivity index (χ3n) is 5.26. The van der Waals surface area contributed by atoms with Gasteiger partial charge in [0.1, 0.15) is 11.6 Å². The van der Waals surface area contributed by atoms with Gasteiger partial charge in [0.2, 0.25) is 0 Å². The molecule has 1 aromatic heterocycles. The third-order valence-corrected chi connectivity index (χ3v) is 5.75. The summed E-state index contributed by atoms with van der Waals surface area (Å²) in [6.45, 7) is 6.17. The smallest absolute Gasteiger partial charge is 0.282 e. The molecule has 1 aliphatic rings. The summed E-state index contributed by atoms with van der Waals surface area (Å²) in [5.74, 6) is 1.06. The van der Waals surface area contributed by atoms with Crippen LogP contribution in [0.25, 0.3) is 10.9 Å². The lowest BCUT2D eigenvalue weighted by Gasteiger charge is -2.26. The molecular formula is C24H25BrN4O4. The number of ether oxygens (including phenoxy) is 2. The van der Waals surface area contributed by atoms with E-state index >= 15 is 0 Å². The second kappa shape index (κ2) is 10.3. The maximum atomic E-state index is 13.1. The molecule has 0 atom stereocenters. The molecule has 33 heavy (non-hydrogen) atoms. The van der Waals surface area contributed by atoms with Crippen molar-refractivity contribution in [2.24, 2.45) is 5.10 Å². The van der Waals surface area contributed by atoms with Crippen LogP contribution in [0.1, 0.15) is 31.2 Å². The molecule has 0 radical (unpaired) electrons. The molecule has 8 nitrogen and oxygen atoms in total. The first-order chi connectivity index (χ1) is 15.9. The van der Waals surface area contributed by atoms with Gasteiger partial charge in [0, 0.05) is 23.5 Å². The number of amides is 1. The van der Waals surface area contributed by atoms with Crippen molar-refractivity contribution in [2.75, 3.05) is 32.9 Å². The minimum absolute atomic E-state index is 0.00349. The molecule has 4 rings (SSSR count). The van der Waals surface area contributed by atoms with E-state index in [1.165, 1.54) is 4.68 Å². The summed E-state index contributed by atoms with van der Waals surface area (Å²) in [7, 11) is 0. The molecule has 1 saturated heterocycles. The number of carbonyl (C=O) groups excluding carboxylic acids is 1. The maximum absolute atomic E-state index is 13.1. The Kier molecular flexibility index (Phi) is 7.20. The van der Waals surface area contributed by atoms with Crippen molar-refractivity contribution >= 4 is 39.0 Å². The van der Waals surface area contributed by atoms with E-state index in [0.29, 0.717) is 48.8 Å². The van der Waals surface area contributed by atoms with Gasteiger partial charge >= 0.3 is 0 Å². The number of fused-ring (bicyclic) bond motifs is 1. The first-order valence-corrected chi connectivity index (χ1v) is 11.6. The van der Waals surface area contributed by atoms with Crippen LogP contribution in [0.15, 0.2) is 56.8 Å². The van der Waals surface area contributed by atoms with Crippen LogP contribution < -0.4 is 10.3 Å². The first-order valence-electron chi connectivity index (χ1n) is 10.8. The zero-order valence-electron chi connectivity index (χ0n) is 18.5. The molecule has 172 valence electrons. The second-order valence-electron chi connectivity index (χ2n) is 8.00. The van der Waals surface area contributed by atoms with Crippen LogP contribution in [-0.2, 0) is 9.53 Å². The summed E-state index contributed by atoms with van der Waals surface area (Å²) in [6, 6.07) is 12.7. The lowest BCUT2D eigenvalue weighted by molar-refractivity contribution is -0.137.